The maximum Gasteiger partial charge on any atom is 0.296 e. The number of aliphatic hydroxyl groups excluding tert-OH is 1. The van der Waals surface area contributed by atoms with E-state index in [1.165, 1.54) is 47.4 Å². The molecule has 0 fully saturated rings. The molecule has 0 radical (unpaired) electrons. The largest absolute Gasteiger partial charge is 0.503 e. The number of Topliss-reactive ketones (excluding diaryl/α,β-unsaturated/α-hetero) is 1. The molecule has 136 valence electrons. The van der Waals surface area contributed by atoms with Crippen LogP contribution in [-0.4, -0.2) is 21.8 Å². The van der Waals surface area contributed by atoms with E-state index in [0.29, 0.717) is 21.2 Å². The van der Waals surface area contributed by atoms with Gasteiger partial charge in [0.25, 0.3) is 5.91 Å². The summed E-state index contributed by atoms with van der Waals surface area (Å²) < 4.78 is 14.1. The predicted molar refractivity (Wildman–Crippen MR) is 102 cm³/mol. The first kappa shape index (κ1) is 17.6. The van der Waals surface area contributed by atoms with Gasteiger partial charge in [-0.15, -0.1) is 0 Å². The Morgan fingerprint density at radius 2 is 1.96 bits per heavy atom. The SMILES string of the molecule is CC(=O)C1=C(O)C(=O)N(c2nc3c(Cl)cccc3s2)C1c1ccc(F)cc1. The topological polar surface area (TPSA) is 70.5 Å². The molecule has 27 heavy (non-hydrogen) atoms. The van der Waals surface area contributed by atoms with E-state index < -0.39 is 29.3 Å². The number of aliphatic hydroxyl groups is 1. The van der Waals surface area contributed by atoms with Gasteiger partial charge < -0.3 is 5.11 Å². The highest BCUT2D eigenvalue weighted by atomic mass is 35.5. The van der Waals surface area contributed by atoms with E-state index in [-0.39, 0.29) is 5.57 Å². The van der Waals surface area contributed by atoms with Crippen molar-refractivity contribution in [1.29, 1.82) is 0 Å². The number of carbonyl (C=O) groups excluding carboxylic acids is 2. The van der Waals surface area contributed by atoms with Crippen molar-refractivity contribution in [1.82, 2.24) is 4.98 Å². The van der Waals surface area contributed by atoms with Gasteiger partial charge in [0.15, 0.2) is 16.7 Å². The van der Waals surface area contributed by atoms with Crippen LogP contribution in [0.4, 0.5) is 9.52 Å². The first-order valence-electron chi connectivity index (χ1n) is 7.96. The molecule has 2 heterocycles. The summed E-state index contributed by atoms with van der Waals surface area (Å²) in [5, 5.41) is 11.0. The molecule has 0 spiro atoms. The maximum atomic E-state index is 13.4. The third kappa shape index (κ3) is 2.79. The van der Waals surface area contributed by atoms with Crippen molar-refractivity contribution in [3.05, 3.63) is 70.2 Å². The molecule has 1 atom stereocenters. The Hall–Kier alpha value is -2.77. The van der Waals surface area contributed by atoms with E-state index >= 15 is 0 Å². The first-order chi connectivity index (χ1) is 12.9. The normalized spacial score (nSPS) is 17.2. The highest BCUT2D eigenvalue weighted by Gasteiger charge is 2.44. The number of hydrogen-bond acceptors (Lipinski definition) is 5. The molecular weight excluding hydrogens is 391 g/mol. The number of carbonyl (C=O) groups is 2. The van der Waals surface area contributed by atoms with Crippen LogP contribution in [0.15, 0.2) is 53.8 Å². The summed E-state index contributed by atoms with van der Waals surface area (Å²) in [6, 6.07) is 9.80. The lowest BCUT2D eigenvalue weighted by Crippen LogP contribution is -2.30. The van der Waals surface area contributed by atoms with Gasteiger partial charge in [-0.1, -0.05) is 41.1 Å². The highest BCUT2D eigenvalue weighted by molar-refractivity contribution is 7.22. The average molecular weight is 403 g/mol. The molecule has 0 aliphatic carbocycles. The van der Waals surface area contributed by atoms with Gasteiger partial charge >= 0.3 is 0 Å². The molecule has 4 rings (SSSR count). The molecule has 8 heteroatoms. The number of ketones is 1. The van der Waals surface area contributed by atoms with Gasteiger partial charge in [0.1, 0.15) is 11.3 Å². The van der Waals surface area contributed by atoms with E-state index in [1.807, 2.05) is 6.07 Å². The molecule has 0 bridgehead atoms. The van der Waals surface area contributed by atoms with Crippen LogP contribution < -0.4 is 4.90 Å². The van der Waals surface area contributed by atoms with Crippen LogP contribution in [0.3, 0.4) is 0 Å². The maximum absolute atomic E-state index is 13.4. The Morgan fingerprint density at radius 3 is 2.59 bits per heavy atom. The molecular formula is C19H12ClFN2O3S. The second kappa shape index (κ2) is 6.44. The van der Waals surface area contributed by atoms with Crippen molar-refractivity contribution in [3.8, 4) is 0 Å². The number of para-hydroxylation sites is 1. The molecule has 5 nitrogen and oxygen atoms in total. The van der Waals surface area contributed by atoms with Gasteiger partial charge in [-0.3, -0.25) is 14.5 Å². The number of rotatable bonds is 3. The van der Waals surface area contributed by atoms with E-state index in [0.717, 1.165) is 4.70 Å². The van der Waals surface area contributed by atoms with Crippen LogP contribution >= 0.6 is 22.9 Å². The fraction of sp³-hybridized carbons (Fsp3) is 0.105. The third-order valence-electron chi connectivity index (χ3n) is 4.34. The van der Waals surface area contributed by atoms with Crippen molar-refractivity contribution in [2.75, 3.05) is 4.90 Å². The third-order valence-corrected chi connectivity index (χ3v) is 5.66. The summed E-state index contributed by atoms with van der Waals surface area (Å²) in [5.74, 6) is -2.25. The Balaban J connectivity index is 1.91. The quantitative estimate of drug-likeness (QED) is 0.696. The number of nitrogens with zero attached hydrogens (tertiary/aromatic N) is 2. The number of halogens is 2. The van der Waals surface area contributed by atoms with Gasteiger partial charge in [0.2, 0.25) is 0 Å². The number of thiazole rings is 1. The zero-order valence-corrected chi connectivity index (χ0v) is 15.5. The molecule has 0 saturated carbocycles. The minimum Gasteiger partial charge on any atom is -0.503 e. The lowest BCUT2D eigenvalue weighted by atomic mass is 9.97. The Morgan fingerprint density at radius 1 is 1.26 bits per heavy atom. The summed E-state index contributed by atoms with van der Waals surface area (Å²) in [7, 11) is 0. The summed E-state index contributed by atoms with van der Waals surface area (Å²) in [5.41, 5.74) is 0.974. The van der Waals surface area contributed by atoms with Crippen LogP contribution in [0, 0.1) is 5.82 Å². The zero-order valence-electron chi connectivity index (χ0n) is 13.9. The standard InChI is InChI=1S/C19H12ClFN2O3S/c1-9(24)14-16(10-5-7-11(21)8-6-10)23(18(26)17(14)25)19-22-15-12(20)3-2-4-13(15)27-19/h2-8,16,25H,1H3. The minimum absolute atomic E-state index is 0.0445. The lowest BCUT2D eigenvalue weighted by Gasteiger charge is -2.24. The number of fused-ring (bicyclic) bond motifs is 1. The summed E-state index contributed by atoms with van der Waals surface area (Å²) >= 11 is 7.39. The Labute approximate surface area is 162 Å². The molecule has 2 aromatic carbocycles. The molecule has 0 saturated heterocycles. The van der Waals surface area contributed by atoms with Crippen LogP contribution in [0.2, 0.25) is 5.02 Å². The fourth-order valence-electron chi connectivity index (χ4n) is 3.13. The number of benzene rings is 2. The van der Waals surface area contributed by atoms with Gasteiger partial charge in [-0.25, -0.2) is 9.37 Å². The van der Waals surface area contributed by atoms with E-state index in [2.05, 4.69) is 4.98 Å². The number of hydrogen-bond donors (Lipinski definition) is 1. The monoisotopic (exact) mass is 402 g/mol. The van der Waals surface area contributed by atoms with Crippen molar-refractivity contribution in [2.45, 2.75) is 13.0 Å². The summed E-state index contributed by atoms with van der Waals surface area (Å²) in [6.45, 7) is 1.27. The smallest absolute Gasteiger partial charge is 0.296 e. The average Bonchev–Trinajstić information content (AvgIpc) is 3.16. The second-order valence-corrected chi connectivity index (χ2v) is 7.45. The van der Waals surface area contributed by atoms with Crippen molar-refractivity contribution in [3.63, 3.8) is 0 Å². The molecule has 1 aromatic heterocycles. The predicted octanol–water partition coefficient (Wildman–Crippen LogP) is 4.58. The highest BCUT2D eigenvalue weighted by Crippen LogP contribution is 2.44. The fourth-order valence-corrected chi connectivity index (χ4v) is 4.42. The molecule has 1 aliphatic heterocycles. The van der Waals surface area contributed by atoms with Crippen LogP contribution in [0.5, 0.6) is 0 Å². The summed E-state index contributed by atoms with van der Waals surface area (Å²) in [6.07, 6.45) is 0. The van der Waals surface area contributed by atoms with Gasteiger partial charge in [0.05, 0.1) is 21.3 Å². The lowest BCUT2D eigenvalue weighted by molar-refractivity contribution is -0.117. The molecule has 1 N–H and O–H groups in total. The van der Waals surface area contributed by atoms with Crippen LogP contribution in [0.1, 0.15) is 18.5 Å². The molecule has 1 amide bonds. The molecule has 3 aromatic rings. The van der Waals surface area contributed by atoms with Crippen molar-refractivity contribution < 1.29 is 19.1 Å². The van der Waals surface area contributed by atoms with Crippen LogP contribution in [0.25, 0.3) is 10.2 Å². The van der Waals surface area contributed by atoms with E-state index in [1.54, 1.807) is 12.1 Å². The number of amides is 1. The van der Waals surface area contributed by atoms with Crippen molar-refractivity contribution in [2.24, 2.45) is 0 Å². The Bertz CT molecular complexity index is 1120. The van der Waals surface area contributed by atoms with Gasteiger partial charge in [-0.2, -0.15) is 0 Å². The van der Waals surface area contributed by atoms with E-state index in [4.69, 9.17) is 11.6 Å². The van der Waals surface area contributed by atoms with Crippen LogP contribution in [-0.2, 0) is 9.59 Å². The zero-order chi connectivity index (χ0) is 19.3. The van der Waals surface area contributed by atoms with Gasteiger partial charge in [0, 0.05) is 0 Å². The Kier molecular flexibility index (Phi) is 4.20. The minimum atomic E-state index is -0.894. The van der Waals surface area contributed by atoms with Crippen molar-refractivity contribution >= 4 is 50.0 Å². The first-order valence-corrected chi connectivity index (χ1v) is 9.16. The van der Waals surface area contributed by atoms with E-state index in [9.17, 15) is 19.1 Å². The number of aromatic nitrogens is 1. The molecule has 1 aliphatic rings. The second-order valence-electron chi connectivity index (χ2n) is 6.03. The number of anilines is 1. The van der Waals surface area contributed by atoms with Gasteiger partial charge in [-0.05, 0) is 36.8 Å². The summed E-state index contributed by atoms with van der Waals surface area (Å²) in [4.78, 5) is 30.6. The molecule has 1 unspecified atom stereocenters.